The van der Waals surface area contributed by atoms with Gasteiger partial charge in [0.05, 0.1) is 37.0 Å². The molecule has 1 aromatic carbocycles. The third-order valence-electron chi connectivity index (χ3n) is 7.67. The van der Waals surface area contributed by atoms with Gasteiger partial charge < -0.3 is 15.2 Å². The number of nitrogens with two attached hydrogens (primary N) is 1. The number of nitrogens with one attached hydrogen (secondary N) is 1. The van der Waals surface area contributed by atoms with Crippen LogP contribution in [-0.4, -0.2) is 69.5 Å². The molecule has 1 aliphatic rings. The molecule has 1 aliphatic carbocycles. The molecule has 14 nitrogen and oxygen atoms in total. The largest absolute Gasteiger partial charge is 0.439 e. The number of anilines is 1. The van der Waals surface area contributed by atoms with Gasteiger partial charge in [0.25, 0.3) is 0 Å². The zero-order chi connectivity index (χ0) is 29.5. The highest BCUT2D eigenvalue weighted by Gasteiger charge is 2.43. The maximum atomic E-state index is 13.0. The summed E-state index contributed by atoms with van der Waals surface area (Å²) in [7, 11) is -2.20. The van der Waals surface area contributed by atoms with Gasteiger partial charge in [0.1, 0.15) is 16.3 Å². The van der Waals surface area contributed by atoms with Crippen LogP contribution in [0.3, 0.4) is 0 Å². The normalized spacial score (nSPS) is 19.4. The molecule has 6 rings (SSSR count). The number of sulfone groups is 1. The van der Waals surface area contributed by atoms with Crippen molar-refractivity contribution in [1.82, 2.24) is 34.5 Å². The van der Waals surface area contributed by atoms with Gasteiger partial charge in [-0.1, -0.05) is 23.4 Å². The lowest BCUT2D eigenvalue weighted by molar-refractivity contribution is -0.0988. The van der Waals surface area contributed by atoms with Crippen LogP contribution in [0.25, 0.3) is 22.5 Å². The van der Waals surface area contributed by atoms with Gasteiger partial charge in [-0.2, -0.15) is 14.7 Å². The highest BCUT2D eigenvalue weighted by molar-refractivity contribution is 7.91. The van der Waals surface area contributed by atoms with Gasteiger partial charge in [-0.05, 0) is 37.8 Å². The number of H-pyrrole nitrogens is 1. The molecule has 0 unspecified atom stereocenters. The fourth-order valence-electron chi connectivity index (χ4n) is 5.62. The third kappa shape index (κ3) is 4.99. The molecule has 0 aliphatic heterocycles. The minimum atomic E-state index is -3.77. The smallest absolute Gasteiger partial charge is 0.382 e. The van der Waals surface area contributed by atoms with Crippen molar-refractivity contribution in [3.63, 3.8) is 0 Å². The molecule has 0 atom stereocenters. The van der Waals surface area contributed by atoms with Crippen LogP contribution in [0, 0.1) is 0 Å². The second kappa shape index (κ2) is 10.8. The lowest BCUT2D eigenvalue weighted by atomic mass is 9.76. The lowest BCUT2D eigenvalue weighted by Gasteiger charge is -2.38. The standard InChI is InChI=1S/C27H30N8O6S/c1-39-12-13-40-27(25-32-26(36)41-33-25)10-8-17(9-11-27)21-22(42(2,37)38)23(28)35-24(31-21)20(15-30-35)18-14-29-34(16-18)19-6-4-3-5-7-19/h3-7,14-17H,8-13,28H2,1-2H3,(H,32,33,36). The fourth-order valence-corrected chi connectivity index (χ4v) is 6.67. The summed E-state index contributed by atoms with van der Waals surface area (Å²) in [4.78, 5) is 19.2. The summed E-state index contributed by atoms with van der Waals surface area (Å²) >= 11 is 0. The first-order valence-electron chi connectivity index (χ1n) is 13.4. The topological polar surface area (TPSA) is 186 Å². The second-order valence-electron chi connectivity index (χ2n) is 10.3. The number of ether oxygens (including phenoxy) is 2. The summed E-state index contributed by atoms with van der Waals surface area (Å²) < 4.78 is 45.3. The van der Waals surface area contributed by atoms with Crippen LogP contribution >= 0.6 is 0 Å². The molecule has 0 spiro atoms. The SMILES string of the molecule is COCCOC1(c2noc(=O)[nH]2)CCC(c2nc3c(-c4cnn(-c5ccccc5)c4)cnn3c(N)c2S(C)(=O)=O)CC1. The summed E-state index contributed by atoms with van der Waals surface area (Å²) in [5, 5.41) is 12.8. The molecule has 0 radical (unpaired) electrons. The first-order chi connectivity index (χ1) is 20.2. The Labute approximate surface area is 240 Å². The number of fused-ring (bicyclic) bond motifs is 1. The Bertz CT molecular complexity index is 1880. The van der Waals surface area contributed by atoms with Crippen molar-refractivity contribution in [2.45, 2.75) is 42.1 Å². The maximum Gasteiger partial charge on any atom is 0.439 e. The van der Waals surface area contributed by atoms with Crippen LogP contribution in [0.5, 0.6) is 0 Å². The van der Waals surface area contributed by atoms with Gasteiger partial charge in [-0.25, -0.2) is 22.9 Å². The quantitative estimate of drug-likeness (QED) is 0.239. The molecule has 4 aromatic heterocycles. The van der Waals surface area contributed by atoms with E-state index in [1.54, 1.807) is 24.2 Å². The average Bonchev–Trinajstić information content (AvgIpc) is 3.73. The number of aromatic nitrogens is 7. The van der Waals surface area contributed by atoms with Crippen LogP contribution < -0.4 is 11.5 Å². The summed E-state index contributed by atoms with van der Waals surface area (Å²) in [6, 6.07) is 9.66. The van der Waals surface area contributed by atoms with Crippen molar-refractivity contribution in [2.75, 3.05) is 32.3 Å². The van der Waals surface area contributed by atoms with Crippen LogP contribution in [-0.2, 0) is 24.9 Å². The van der Waals surface area contributed by atoms with Crippen molar-refractivity contribution in [2.24, 2.45) is 0 Å². The summed E-state index contributed by atoms with van der Waals surface area (Å²) in [5.41, 5.74) is 8.68. The fraction of sp³-hybridized carbons (Fsp3) is 0.370. The monoisotopic (exact) mass is 594 g/mol. The van der Waals surface area contributed by atoms with Crippen molar-refractivity contribution in [3.05, 3.63) is 71.0 Å². The summed E-state index contributed by atoms with van der Waals surface area (Å²) in [6.07, 6.45) is 8.12. The van der Waals surface area contributed by atoms with E-state index in [1.165, 1.54) is 4.52 Å². The number of rotatable bonds is 9. The molecular weight excluding hydrogens is 564 g/mol. The summed E-state index contributed by atoms with van der Waals surface area (Å²) in [6.45, 7) is 0.628. The van der Waals surface area contributed by atoms with Crippen LogP contribution in [0.15, 0.2) is 63.1 Å². The van der Waals surface area contributed by atoms with Gasteiger partial charge in [-0.15, -0.1) is 0 Å². The molecule has 15 heteroatoms. The molecule has 42 heavy (non-hydrogen) atoms. The first-order valence-corrected chi connectivity index (χ1v) is 15.3. The van der Waals surface area contributed by atoms with Crippen LogP contribution in [0.4, 0.5) is 5.82 Å². The minimum absolute atomic E-state index is 0.00628. The van der Waals surface area contributed by atoms with Crippen molar-refractivity contribution >= 4 is 21.3 Å². The van der Waals surface area contributed by atoms with Crippen LogP contribution in [0.2, 0.25) is 0 Å². The zero-order valence-electron chi connectivity index (χ0n) is 23.1. The van der Waals surface area contributed by atoms with E-state index in [0.29, 0.717) is 55.0 Å². The number of hydrogen-bond acceptors (Lipinski definition) is 11. The number of hydrogen-bond donors (Lipinski definition) is 2. The Morgan fingerprint density at radius 1 is 1.14 bits per heavy atom. The van der Waals surface area contributed by atoms with E-state index in [9.17, 15) is 13.2 Å². The number of aromatic amines is 1. The predicted molar refractivity (Wildman–Crippen MR) is 151 cm³/mol. The molecule has 1 saturated carbocycles. The third-order valence-corrected chi connectivity index (χ3v) is 8.83. The number of para-hydroxylation sites is 1. The number of nitrogens with zero attached hydrogens (tertiary/aromatic N) is 6. The molecule has 5 aromatic rings. The molecule has 4 heterocycles. The Morgan fingerprint density at radius 3 is 2.57 bits per heavy atom. The van der Waals surface area contributed by atoms with Gasteiger partial charge in [0, 0.05) is 36.6 Å². The number of nitrogen functional groups attached to an aromatic ring is 1. The van der Waals surface area contributed by atoms with E-state index in [4.69, 9.17) is 24.7 Å². The average molecular weight is 595 g/mol. The lowest BCUT2D eigenvalue weighted by Crippen LogP contribution is -2.37. The Kier molecular flexibility index (Phi) is 7.16. The van der Waals surface area contributed by atoms with E-state index >= 15 is 0 Å². The second-order valence-corrected chi connectivity index (χ2v) is 12.3. The maximum absolute atomic E-state index is 13.0. The van der Waals surface area contributed by atoms with Gasteiger partial charge in [0.2, 0.25) is 0 Å². The molecule has 220 valence electrons. The molecule has 3 N–H and O–H groups in total. The Hall–Kier alpha value is -4.34. The zero-order valence-corrected chi connectivity index (χ0v) is 23.9. The van der Waals surface area contributed by atoms with E-state index in [1.807, 2.05) is 36.5 Å². The van der Waals surface area contributed by atoms with E-state index in [-0.39, 0.29) is 23.2 Å². The molecular formula is C27H30N8O6S. The Balaban J connectivity index is 1.39. The molecule has 1 fully saturated rings. The number of benzene rings is 1. The van der Waals surface area contributed by atoms with Gasteiger partial charge in [-0.3, -0.25) is 9.51 Å². The highest BCUT2D eigenvalue weighted by Crippen LogP contribution is 2.46. The molecule has 0 bridgehead atoms. The van der Waals surface area contributed by atoms with Crippen molar-refractivity contribution in [3.8, 4) is 16.8 Å². The highest BCUT2D eigenvalue weighted by atomic mass is 32.2. The van der Waals surface area contributed by atoms with Crippen molar-refractivity contribution < 1.29 is 22.4 Å². The first kappa shape index (κ1) is 27.8. The van der Waals surface area contributed by atoms with E-state index < -0.39 is 21.2 Å². The van der Waals surface area contributed by atoms with Gasteiger partial charge >= 0.3 is 5.76 Å². The van der Waals surface area contributed by atoms with Crippen molar-refractivity contribution in [1.29, 1.82) is 0 Å². The molecule has 0 amide bonds. The van der Waals surface area contributed by atoms with E-state index in [0.717, 1.165) is 17.5 Å². The van der Waals surface area contributed by atoms with E-state index in [2.05, 4.69) is 20.3 Å². The molecule has 0 saturated heterocycles. The van der Waals surface area contributed by atoms with Crippen LogP contribution in [0.1, 0.15) is 43.1 Å². The number of methoxy groups -OCH3 is 1. The predicted octanol–water partition coefficient (Wildman–Crippen LogP) is 2.46. The van der Waals surface area contributed by atoms with Gasteiger partial charge in [0.15, 0.2) is 21.3 Å². The summed E-state index contributed by atoms with van der Waals surface area (Å²) in [5.74, 6) is -0.658. The minimum Gasteiger partial charge on any atom is -0.382 e. The Morgan fingerprint density at radius 2 is 1.90 bits per heavy atom.